The van der Waals surface area contributed by atoms with Crippen molar-refractivity contribution in [3.63, 3.8) is 0 Å². The summed E-state index contributed by atoms with van der Waals surface area (Å²) in [6, 6.07) is 4.18. The summed E-state index contributed by atoms with van der Waals surface area (Å²) in [4.78, 5) is 0. The van der Waals surface area contributed by atoms with Crippen molar-refractivity contribution < 1.29 is 14.3 Å². The van der Waals surface area contributed by atoms with Crippen LogP contribution in [0.4, 0.5) is 10.1 Å². The fourth-order valence-corrected chi connectivity index (χ4v) is 1.19. The largest absolute Gasteiger partial charge is 0.494 e. The molecule has 88 valence electrons. The van der Waals surface area contributed by atoms with Crippen LogP contribution in [0.25, 0.3) is 0 Å². The number of oxime groups is 1. The lowest BCUT2D eigenvalue weighted by Gasteiger charge is -2.10. The summed E-state index contributed by atoms with van der Waals surface area (Å²) in [6.45, 7) is 0.470. The first-order valence-electron chi connectivity index (χ1n) is 4.71. The molecule has 0 spiro atoms. The van der Waals surface area contributed by atoms with E-state index >= 15 is 0 Å². The lowest BCUT2D eigenvalue weighted by molar-refractivity contribution is 0.317. The van der Waals surface area contributed by atoms with E-state index in [9.17, 15) is 4.39 Å². The molecule has 0 radical (unpaired) electrons. The number of nitrogens with zero attached hydrogens (tertiary/aromatic N) is 1. The Morgan fingerprint density at radius 1 is 1.62 bits per heavy atom. The van der Waals surface area contributed by atoms with E-state index in [-0.39, 0.29) is 11.7 Å². The van der Waals surface area contributed by atoms with Crippen LogP contribution in [0.1, 0.15) is 6.42 Å². The topological polar surface area (TPSA) is 79.9 Å². The Bertz CT molecular complexity index is 382. The van der Waals surface area contributed by atoms with Gasteiger partial charge in [0, 0.05) is 19.0 Å². The van der Waals surface area contributed by atoms with Gasteiger partial charge in [-0.1, -0.05) is 5.16 Å². The molecule has 0 saturated carbocycles. The molecule has 0 heterocycles. The van der Waals surface area contributed by atoms with E-state index in [0.29, 0.717) is 24.4 Å². The van der Waals surface area contributed by atoms with Crippen LogP contribution in [0.3, 0.4) is 0 Å². The lowest BCUT2D eigenvalue weighted by atomic mass is 10.2. The van der Waals surface area contributed by atoms with Crippen LogP contribution in [0.15, 0.2) is 23.4 Å². The second-order valence-electron chi connectivity index (χ2n) is 3.11. The first kappa shape index (κ1) is 12.1. The molecule has 0 bridgehead atoms. The molecule has 0 aliphatic heterocycles. The maximum Gasteiger partial charge on any atom is 0.144 e. The molecule has 0 fully saturated rings. The molecule has 0 aliphatic rings. The molecule has 6 heteroatoms. The summed E-state index contributed by atoms with van der Waals surface area (Å²) in [5.41, 5.74) is 5.96. The Morgan fingerprint density at radius 2 is 2.38 bits per heavy atom. The van der Waals surface area contributed by atoms with Gasteiger partial charge in [0.15, 0.2) is 0 Å². The number of hydrogen-bond donors (Lipinski definition) is 3. The predicted molar refractivity (Wildman–Crippen MR) is 59.5 cm³/mol. The van der Waals surface area contributed by atoms with Gasteiger partial charge in [-0.25, -0.2) is 4.39 Å². The molecule has 0 aliphatic carbocycles. The van der Waals surface area contributed by atoms with Gasteiger partial charge in [-0.3, -0.25) is 0 Å². The third-order valence-corrected chi connectivity index (χ3v) is 1.99. The minimum Gasteiger partial charge on any atom is -0.494 e. The SMILES string of the molecule is COc1cc(F)ccc1NCCC(N)=NO. The van der Waals surface area contributed by atoms with Crippen LogP contribution in [0.2, 0.25) is 0 Å². The number of nitrogens with one attached hydrogen (secondary N) is 1. The van der Waals surface area contributed by atoms with Crippen LogP contribution >= 0.6 is 0 Å². The first-order chi connectivity index (χ1) is 7.67. The fourth-order valence-electron chi connectivity index (χ4n) is 1.19. The highest BCUT2D eigenvalue weighted by atomic mass is 19.1. The van der Waals surface area contributed by atoms with Gasteiger partial charge < -0.3 is 21.0 Å². The van der Waals surface area contributed by atoms with E-state index in [1.54, 1.807) is 6.07 Å². The van der Waals surface area contributed by atoms with Gasteiger partial charge in [0.05, 0.1) is 12.8 Å². The number of rotatable bonds is 5. The zero-order valence-corrected chi connectivity index (χ0v) is 8.90. The van der Waals surface area contributed by atoms with Crippen LogP contribution in [0.5, 0.6) is 5.75 Å². The van der Waals surface area contributed by atoms with E-state index in [1.807, 2.05) is 0 Å². The quantitative estimate of drug-likeness (QED) is 0.307. The van der Waals surface area contributed by atoms with Gasteiger partial charge in [-0.2, -0.15) is 0 Å². The van der Waals surface area contributed by atoms with E-state index in [1.165, 1.54) is 19.2 Å². The Hall–Kier alpha value is -1.98. The highest BCUT2D eigenvalue weighted by molar-refractivity contribution is 5.80. The highest BCUT2D eigenvalue weighted by Gasteiger charge is 2.03. The maximum atomic E-state index is 12.9. The average molecular weight is 227 g/mol. The maximum absolute atomic E-state index is 12.9. The highest BCUT2D eigenvalue weighted by Crippen LogP contribution is 2.24. The summed E-state index contributed by atoms with van der Waals surface area (Å²) >= 11 is 0. The molecule has 1 rings (SSSR count). The zero-order valence-electron chi connectivity index (χ0n) is 8.90. The van der Waals surface area contributed by atoms with Gasteiger partial charge >= 0.3 is 0 Å². The average Bonchev–Trinajstić information content (AvgIpc) is 2.30. The third-order valence-electron chi connectivity index (χ3n) is 1.99. The number of anilines is 1. The van der Waals surface area contributed by atoms with Crippen molar-refractivity contribution in [1.29, 1.82) is 0 Å². The lowest BCUT2D eigenvalue weighted by Crippen LogP contribution is -2.16. The molecule has 0 unspecified atom stereocenters. The molecule has 0 aromatic heterocycles. The second kappa shape index (κ2) is 5.79. The van der Waals surface area contributed by atoms with Crippen molar-refractivity contribution in [3.8, 4) is 5.75 Å². The normalized spacial score (nSPS) is 11.2. The Kier molecular flexibility index (Phi) is 4.38. The Balaban J connectivity index is 2.60. The van der Waals surface area contributed by atoms with Crippen molar-refractivity contribution in [2.24, 2.45) is 10.9 Å². The Morgan fingerprint density at radius 3 is 3.00 bits per heavy atom. The van der Waals surface area contributed by atoms with Gasteiger partial charge in [0.1, 0.15) is 17.4 Å². The minimum atomic E-state index is -0.362. The first-order valence-corrected chi connectivity index (χ1v) is 4.71. The van der Waals surface area contributed by atoms with Gasteiger partial charge in [-0.15, -0.1) is 0 Å². The summed E-state index contributed by atoms with van der Waals surface area (Å²) in [7, 11) is 1.46. The van der Waals surface area contributed by atoms with Crippen molar-refractivity contribution >= 4 is 11.5 Å². The molecule has 0 atom stereocenters. The van der Waals surface area contributed by atoms with E-state index in [0.717, 1.165) is 0 Å². The second-order valence-corrected chi connectivity index (χ2v) is 3.11. The van der Waals surface area contributed by atoms with Crippen molar-refractivity contribution in [1.82, 2.24) is 0 Å². The summed E-state index contributed by atoms with van der Waals surface area (Å²) in [5.74, 6) is 0.187. The zero-order chi connectivity index (χ0) is 12.0. The number of halogens is 1. The molecular formula is C10H14FN3O2. The van der Waals surface area contributed by atoms with Crippen molar-refractivity contribution in [3.05, 3.63) is 24.0 Å². The smallest absolute Gasteiger partial charge is 0.144 e. The van der Waals surface area contributed by atoms with Gasteiger partial charge in [-0.05, 0) is 12.1 Å². The molecule has 5 nitrogen and oxygen atoms in total. The number of ether oxygens (including phenoxy) is 1. The van der Waals surface area contributed by atoms with Crippen LogP contribution in [-0.2, 0) is 0 Å². The molecule has 1 aromatic carbocycles. The van der Waals surface area contributed by atoms with E-state index < -0.39 is 0 Å². The van der Waals surface area contributed by atoms with Gasteiger partial charge in [0.2, 0.25) is 0 Å². The molecular weight excluding hydrogens is 213 g/mol. The van der Waals surface area contributed by atoms with Crippen molar-refractivity contribution in [2.45, 2.75) is 6.42 Å². The molecule has 0 amide bonds. The number of amidine groups is 1. The van der Waals surface area contributed by atoms with Crippen molar-refractivity contribution in [2.75, 3.05) is 19.0 Å². The molecule has 4 N–H and O–H groups in total. The van der Waals surface area contributed by atoms with Crippen LogP contribution in [0, 0.1) is 5.82 Å². The minimum absolute atomic E-state index is 0.133. The number of methoxy groups -OCH3 is 1. The molecule has 16 heavy (non-hydrogen) atoms. The Labute approximate surface area is 92.7 Å². The van der Waals surface area contributed by atoms with Crippen LogP contribution in [-0.4, -0.2) is 24.7 Å². The van der Waals surface area contributed by atoms with Crippen LogP contribution < -0.4 is 15.8 Å². The predicted octanol–water partition coefficient (Wildman–Crippen LogP) is 1.38. The standard InChI is InChI=1S/C10H14FN3O2/c1-16-9-6-7(11)2-3-8(9)13-5-4-10(12)14-15/h2-3,6,13,15H,4-5H2,1H3,(H2,12,14). The fraction of sp³-hybridized carbons (Fsp3) is 0.300. The van der Waals surface area contributed by atoms with E-state index in [2.05, 4.69) is 10.5 Å². The molecule has 0 saturated heterocycles. The summed E-state index contributed by atoms with van der Waals surface area (Å²) < 4.78 is 17.9. The number of hydrogen-bond acceptors (Lipinski definition) is 4. The molecule has 1 aromatic rings. The van der Waals surface area contributed by atoms with Gasteiger partial charge in [0.25, 0.3) is 0 Å². The number of nitrogens with two attached hydrogens (primary N) is 1. The third kappa shape index (κ3) is 3.30. The monoisotopic (exact) mass is 227 g/mol. The summed E-state index contributed by atoms with van der Waals surface area (Å²) in [6.07, 6.45) is 0.386. The van der Waals surface area contributed by atoms with E-state index in [4.69, 9.17) is 15.7 Å². The summed E-state index contributed by atoms with van der Waals surface area (Å²) in [5, 5.41) is 14.2. The number of benzene rings is 1.